The normalized spacial score (nSPS) is 20.6. The highest BCUT2D eigenvalue weighted by atomic mass is 16.5. The smallest absolute Gasteiger partial charge is 0.243 e. The third kappa shape index (κ3) is 2.20. The fourth-order valence-electron chi connectivity index (χ4n) is 1.65. The zero-order valence-corrected chi connectivity index (χ0v) is 9.66. The molecule has 1 aromatic heterocycles. The van der Waals surface area contributed by atoms with Crippen LogP contribution in [0.4, 0.5) is 0 Å². The van der Waals surface area contributed by atoms with Crippen LogP contribution in [0.2, 0.25) is 0 Å². The second-order valence-corrected chi connectivity index (χ2v) is 5.25. The Morgan fingerprint density at radius 2 is 2.13 bits per heavy atom. The van der Waals surface area contributed by atoms with Gasteiger partial charge in [-0.3, -0.25) is 0 Å². The van der Waals surface area contributed by atoms with Crippen LogP contribution in [0.25, 0.3) is 0 Å². The van der Waals surface area contributed by atoms with E-state index in [4.69, 9.17) is 10.3 Å². The Morgan fingerprint density at radius 3 is 2.67 bits per heavy atom. The number of rotatable bonds is 4. The molecule has 0 amide bonds. The Kier molecular flexibility index (Phi) is 2.54. The lowest BCUT2D eigenvalue weighted by atomic mass is 10.0. The third-order valence-corrected chi connectivity index (χ3v) is 3.02. The van der Waals surface area contributed by atoms with Crippen molar-refractivity contribution in [1.29, 1.82) is 0 Å². The number of nitrogens with two attached hydrogens (primary N) is 1. The largest absolute Gasteiger partial charge is 0.338 e. The van der Waals surface area contributed by atoms with E-state index in [1.54, 1.807) is 0 Å². The molecule has 1 aromatic rings. The van der Waals surface area contributed by atoms with Gasteiger partial charge < -0.3 is 10.3 Å². The molecule has 0 aromatic carbocycles. The number of aromatic nitrogens is 2. The summed E-state index contributed by atoms with van der Waals surface area (Å²) in [7, 11) is 0. The first kappa shape index (κ1) is 10.6. The van der Waals surface area contributed by atoms with E-state index in [0.29, 0.717) is 11.8 Å². The van der Waals surface area contributed by atoms with E-state index in [-0.39, 0.29) is 11.5 Å². The van der Waals surface area contributed by atoms with Crippen LogP contribution in [-0.4, -0.2) is 10.1 Å². The lowest BCUT2D eigenvalue weighted by molar-refractivity contribution is 0.330. The molecular formula is C11H19N3O. The molecule has 1 heterocycles. The highest BCUT2D eigenvalue weighted by Gasteiger charge is 2.43. The van der Waals surface area contributed by atoms with E-state index in [9.17, 15) is 0 Å². The Hall–Kier alpha value is -0.900. The predicted molar refractivity (Wildman–Crippen MR) is 57.3 cm³/mol. The van der Waals surface area contributed by atoms with E-state index in [1.807, 2.05) is 0 Å². The molecule has 1 aliphatic rings. The van der Waals surface area contributed by atoms with Gasteiger partial charge in [0.1, 0.15) is 0 Å². The zero-order chi connectivity index (χ0) is 11.1. The van der Waals surface area contributed by atoms with Crippen molar-refractivity contribution in [1.82, 2.24) is 10.1 Å². The first-order chi connectivity index (χ1) is 7.01. The van der Waals surface area contributed by atoms with Gasteiger partial charge in [-0.1, -0.05) is 25.9 Å². The van der Waals surface area contributed by atoms with Crippen LogP contribution in [0.3, 0.4) is 0 Å². The average Bonchev–Trinajstić information content (AvgIpc) is 2.72. The zero-order valence-electron chi connectivity index (χ0n) is 9.66. The number of nitrogens with zero attached hydrogens (tertiary/aromatic N) is 2. The molecule has 2 rings (SSSR count). The Labute approximate surface area is 90.2 Å². The summed E-state index contributed by atoms with van der Waals surface area (Å²) >= 11 is 0. The van der Waals surface area contributed by atoms with Gasteiger partial charge in [-0.15, -0.1) is 0 Å². The van der Waals surface area contributed by atoms with Gasteiger partial charge in [0.15, 0.2) is 5.82 Å². The van der Waals surface area contributed by atoms with Crippen LogP contribution in [0.5, 0.6) is 0 Å². The van der Waals surface area contributed by atoms with E-state index in [0.717, 1.165) is 25.1 Å². The second kappa shape index (κ2) is 3.59. The maximum Gasteiger partial charge on any atom is 0.243 e. The molecule has 4 heteroatoms. The van der Waals surface area contributed by atoms with Crippen LogP contribution in [0, 0.1) is 5.92 Å². The summed E-state index contributed by atoms with van der Waals surface area (Å²) in [5.41, 5.74) is 6.14. The molecule has 2 N–H and O–H groups in total. The molecule has 1 atom stereocenters. The lowest BCUT2D eigenvalue weighted by Gasteiger charge is -2.08. The van der Waals surface area contributed by atoms with Crippen LogP contribution >= 0.6 is 0 Å². The Bertz CT molecular complexity index is 341. The molecule has 1 unspecified atom stereocenters. The summed E-state index contributed by atoms with van der Waals surface area (Å²) < 4.78 is 5.21. The van der Waals surface area contributed by atoms with Gasteiger partial charge in [0.25, 0.3) is 0 Å². The summed E-state index contributed by atoms with van der Waals surface area (Å²) in [5.74, 6) is 1.97. The standard InChI is InChI=1S/C11H19N3O/c1-7(2)6-8(12)9-13-10(14-15-9)11(3)4-5-11/h7-8H,4-6,12H2,1-3H3. The minimum atomic E-state index is -0.117. The minimum Gasteiger partial charge on any atom is -0.338 e. The summed E-state index contributed by atoms with van der Waals surface area (Å²) in [6, 6.07) is -0.117. The molecule has 0 saturated heterocycles. The molecular weight excluding hydrogens is 190 g/mol. The number of hydrogen-bond donors (Lipinski definition) is 1. The highest BCUT2D eigenvalue weighted by Crippen LogP contribution is 2.46. The molecule has 1 fully saturated rings. The fourth-order valence-corrected chi connectivity index (χ4v) is 1.65. The van der Waals surface area contributed by atoms with E-state index in [2.05, 4.69) is 30.9 Å². The summed E-state index contributed by atoms with van der Waals surface area (Å²) in [6.45, 7) is 6.44. The summed E-state index contributed by atoms with van der Waals surface area (Å²) in [4.78, 5) is 4.39. The van der Waals surface area contributed by atoms with Crippen molar-refractivity contribution >= 4 is 0 Å². The average molecular weight is 209 g/mol. The van der Waals surface area contributed by atoms with Crippen molar-refractivity contribution in [2.75, 3.05) is 0 Å². The molecule has 15 heavy (non-hydrogen) atoms. The lowest BCUT2D eigenvalue weighted by Crippen LogP contribution is -2.13. The predicted octanol–water partition coefficient (Wildman–Crippen LogP) is 2.17. The van der Waals surface area contributed by atoms with Gasteiger partial charge in [-0.05, 0) is 25.2 Å². The first-order valence-electron chi connectivity index (χ1n) is 5.61. The van der Waals surface area contributed by atoms with Crippen molar-refractivity contribution in [3.8, 4) is 0 Å². The maximum atomic E-state index is 5.98. The van der Waals surface area contributed by atoms with Crippen molar-refractivity contribution in [2.24, 2.45) is 11.7 Å². The molecule has 0 spiro atoms. The van der Waals surface area contributed by atoms with Gasteiger partial charge in [0.2, 0.25) is 5.89 Å². The molecule has 84 valence electrons. The molecule has 0 radical (unpaired) electrons. The SMILES string of the molecule is CC(C)CC(N)c1nc(C2(C)CC2)no1. The first-order valence-corrected chi connectivity index (χ1v) is 5.61. The maximum absolute atomic E-state index is 5.98. The number of hydrogen-bond acceptors (Lipinski definition) is 4. The molecule has 4 nitrogen and oxygen atoms in total. The van der Waals surface area contributed by atoms with Gasteiger partial charge in [0, 0.05) is 5.41 Å². The Morgan fingerprint density at radius 1 is 1.47 bits per heavy atom. The van der Waals surface area contributed by atoms with Crippen molar-refractivity contribution < 1.29 is 4.52 Å². The summed E-state index contributed by atoms with van der Waals surface area (Å²) in [6.07, 6.45) is 3.20. The van der Waals surface area contributed by atoms with Crippen LogP contribution in [0.1, 0.15) is 57.8 Å². The quantitative estimate of drug-likeness (QED) is 0.825. The molecule has 1 saturated carbocycles. The van der Waals surface area contributed by atoms with Crippen molar-refractivity contribution in [3.63, 3.8) is 0 Å². The van der Waals surface area contributed by atoms with E-state index < -0.39 is 0 Å². The van der Waals surface area contributed by atoms with Gasteiger partial charge in [-0.25, -0.2) is 0 Å². The Balaban J connectivity index is 2.06. The van der Waals surface area contributed by atoms with Crippen molar-refractivity contribution in [2.45, 2.75) is 51.5 Å². The second-order valence-electron chi connectivity index (χ2n) is 5.25. The van der Waals surface area contributed by atoms with Crippen LogP contribution in [0.15, 0.2) is 4.52 Å². The highest BCUT2D eigenvalue weighted by molar-refractivity contribution is 5.14. The minimum absolute atomic E-state index is 0.117. The van der Waals surface area contributed by atoms with Crippen LogP contribution in [-0.2, 0) is 5.41 Å². The van der Waals surface area contributed by atoms with E-state index in [1.165, 1.54) is 0 Å². The third-order valence-electron chi connectivity index (χ3n) is 3.02. The molecule has 1 aliphatic carbocycles. The van der Waals surface area contributed by atoms with Gasteiger partial charge in [0.05, 0.1) is 6.04 Å². The summed E-state index contributed by atoms with van der Waals surface area (Å²) in [5, 5.41) is 4.01. The van der Waals surface area contributed by atoms with Gasteiger partial charge >= 0.3 is 0 Å². The molecule has 0 bridgehead atoms. The van der Waals surface area contributed by atoms with Crippen LogP contribution < -0.4 is 5.73 Å². The van der Waals surface area contributed by atoms with Gasteiger partial charge in [-0.2, -0.15) is 4.98 Å². The topological polar surface area (TPSA) is 64.9 Å². The molecule has 0 aliphatic heterocycles. The van der Waals surface area contributed by atoms with Crippen molar-refractivity contribution in [3.05, 3.63) is 11.7 Å². The monoisotopic (exact) mass is 209 g/mol. The fraction of sp³-hybridized carbons (Fsp3) is 0.818. The van der Waals surface area contributed by atoms with E-state index >= 15 is 0 Å².